The highest BCUT2D eigenvalue weighted by molar-refractivity contribution is 6.35. The molecule has 0 bridgehead atoms. The molecule has 2 amide bonds. The molecule has 0 saturated carbocycles. The number of carbonyl (C=O) groups excluding carboxylic acids is 2. The maximum Gasteiger partial charge on any atom is 0.277 e. The third-order valence-corrected chi connectivity index (χ3v) is 5.53. The van der Waals surface area contributed by atoms with Gasteiger partial charge < -0.3 is 9.64 Å². The normalized spacial score (nSPS) is 20.7. The van der Waals surface area contributed by atoms with Gasteiger partial charge in [-0.05, 0) is 57.6 Å². The van der Waals surface area contributed by atoms with Crippen LogP contribution < -0.4 is 0 Å². The lowest BCUT2D eigenvalue weighted by atomic mass is 9.95. The maximum atomic E-state index is 13.3. The van der Waals surface area contributed by atoms with Crippen LogP contribution in [0.25, 0.3) is 5.57 Å². The zero-order valence-electron chi connectivity index (χ0n) is 17.7. The van der Waals surface area contributed by atoms with Gasteiger partial charge >= 0.3 is 0 Å². The van der Waals surface area contributed by atoms with Crippen molar-refractivity contribution >= 4 is 17.4 Å². The first-order valence-corrected chi connectivity index (χ1v) is 10.3. The third-order valence-electron chi connectivity index (χ3n) is 5.53. The Labute approximate surface area is 168 Å². The summed E-state index contributed by atoms with van der Waals surface area (Å²) in [6.45, 7) is 12.4. The van der Waals surface area contributed by atoms with E-state index in [1.807, 2.05) is 39.8 Å². The Morgan fingerprint density at radius 2 is 1.93 bits per heavy atom. The molecule has 1 unspecified atom stereocenters. The molecule has 0 aliphatic carbocycles. The van der Waals surface area contributed by atoms with Crippen LogP contribution in [0.2, 0.25) is 0 Å². The molecular weight excluding hydrogens is 352 g/mol. The van der Waals surface area contributed by atoms with Crippen molar-refractivity contribution in [1.29, 1.82) is 0 Å². The van der Waals surface area contributed by atoms with Gasteiger partial charge in [0.25, 0.3) is 11.8 Å². The minimum absolute atomic E-state index is 0.0713. The molecule has 0 radical (unpaired) electrons. The highest BCUT2D eigenvalue weighted by atomic mass is 16.5. The summed E-state index contributed by atoms with van der Waals surface area (Å²) in [7, 11) is 0. The molecule has 152 valence electrons. The van der Waals surface area contributed by atoms with E-state index in [1.54, 1.807) is 0 Å². The molecule has 3 rings (SSSR count). The fourth-order valence-electron chi connectivity index (χ4n) is 4.17. The molecule has 1 atom stereocenters. The van der Waals surface area contributed by atoms with Gasteiger partial charge in [-0.1, -0.05) is 30.7 Å². The first-order chi connectivity index (χ1) is 13.3. The molecule has 2 aliphatic heterocycles. The Kier molecular flexibility index (Phi) is 6.23. The molecule has 0 spiro atoms. The van der Waals surface area contributed by atoms with Gasteiger partial charge in [0.1, 0.15) is 5.70 Å². The molecular formula is C23H32N2O3. The van der Waals surface area contributed by atoms with E-state index in [0.717, 1.165) is 42.6 Å². The molecule has 1 saturated heterocycles. The number of piperidine rings is 1. The molecule has 0 aromatic heterocycles. The van der Waals surface area contributed by atoms with Crippen LogP contribution in [0.5, 0.6) is 0 Å². The number of rotatable bonds is 6. The molecule has 2 aliphatic rings. The number of nitrogens with zero attached hydrogens (tertiary/aromatic N) is 2. The minimum atomic E-state index is -0.197. The van der Waals surface area contributed by atoms with E-state index in [9.17, 15) is 9.59 Å². The van der Waals surface area contributed by atoms with E-state index in [4.69, 9.17) is 4.74 Å². The lowest BCUT2D eigenvalue weighted by molar-refractivity contribution is -0.138. The van der Waals surface area contributed by atoms with Crippen LogP contribution in [0.3, 0.4) is 0 Å². The van der Waals surface area contributed by atoms with Gasteiger partial charge in [0.15, 0.2) is 0 Å². The van der Waals surface area contributed by atoms with Crippen LogP contribution in [0.15, 0.2) is 23.9 Å². The highest BCUT2D eigenvalue weighted by Gasteiger charge is 2.42. The Balaban J connectivity index is 1.99. The van der Waals surface area contributed by atoms with Crippen molar-refractivity contribution < 1.29 is 14.3 Å². The lowest BCUT2D eigenvalue weighted by Crippen LogP contribution is -2.40. The molecule has 1 fully saturated rings. The van der Waals surface area contributed by atoms with E-state index in [-0.39, 0.29) is 24.5 Å². The third kappa shape index (κ3) is 4.14. The summed E-state index contributed by atoms with van der Waals surface area (Å²) in [5, 5.41) is 0. The molecule has 1 aromatic rings. The summed E-state index contributed by atoms with van der Waals surface area (Å²) >= 11 is 0. The predicted octanol–water partition coefficient (Wildman–Crippen LogP) is 3.54. The van der Waals surface area contributed by atoms with E-state index in [1.165, 1.54) is 4.90 Å². The Morgan fingerprint density at radius 3 is 2.57 bits per heavy atom. The van der Waals surface area contributed by atoms with Gasteiger partial charge in [-0.15, -0.1) is 0 Å². The van der Waals surface area contributed by atoms with Gasteiger partial charge in [-0.25, -0.2) is 0 Å². The number of amides is 2. The summed E-state index contributed by atoms with van der Waals surface area (Å²) in [5.74, 6) is 0.141. The first kappa shape index (κ1) is 20.6. The first-order valence-electron chi connectivity index (χ1n) is 10.3. The zero-order chi connectivity index (χ0) is 20.4. The fourth-order valence-corrected chi connectivity index (χ4v) is 4.17. The average Bonchev–Trinajstić information content (AvgIpc) is 2.86. The Hall–Kier alpha value is -2.14. The Bertz CT molecular complexity index is 797. The van der Waals surface area contributed by atoms with E-state index < -0.39 is 0 Å². The number of ether oxygens (including phenoxy) is 1. The second-order valence-corrected chi connectivity index (χ2v) is 8.42. The average molecular weight is 385 g/mol. The van der Waals surface area contributed by atoms with Crippen molar-refractivity contribution in [2.24, 2.45) is 5.92 Å². The summed E-state index contributed by atoms with van der Waals surface area (Å²) in [6, 6.07) is 6.06. The fraction of sp³-hybridized carbons (Fsp3) is 0.565. The van der Waals surface area contributed by atoms with Crippen LogP contribution in [-0.2, 0) is 14.3 Å². The standard InChI is InChI=1S/C23H32N2O3/c1-15(2)28-12-11-25-22(26)20(19-9-8-16(3)13-18(19)5)21(23(25)27)24-10-6-7-17(4)14-24/h8-9,13,15,17H,6-7,10-12,14H2,1-5H3. The van der Waals surface area contributed by atoms with Crippen molar-refractivity contribution in [3.8, 4) is 0 Å². The van der Waals surface area contributed by atoms with Gasteiger partial charge in [-0.3, -0.25) is 14.5 Å². The molecule has 28 heavy (non-hydrogen) atoms. The summed E-state index contributed by atoms with van der Waals surface area (Å²) in [5.41, 5.74) is 4.17. The zero-order valence-corrected chi connectivity index (χ0v) is 17.7. The van der Waals surface area contributed by atoms with Crippen molar-refractivity contribution in [3.05, 3.63) is 40.6 Å². The van der Waals surface area contributed by atoms with Crippen LogP contribution >= 0.6 is 0 Å². The maximum absolute atomic E-state index is 13.3. The number of benzene rings is 1. The molecule has 5 nitrogen and oxygen atoms in total. The number of carbonyl (C=O) groups is 2. The quantitative estimate of drug-likeness (QED) is 0.704. The van der Waals surface area contributed by atoms with Crippen LogP contribution in [0, 0.1) is 19.8 Å². The number of likely N-dealkylation sites (tertiary alicyclic amines) is 1. The molecule has 1 aromatic carbocycles. The molecule has 2 heterocycles. The Morgan fingerprint density at radius 1 is 1.18 bits per heavy atom. The monoisotopic (exact) mass is 384 g/mol. The predicted molar refractivity (Wildman–Crippen MR) is 111 cm³/mol. The van der Waals surface area contributed by atoms with Crippen molar-refractivity contribution in [1.82, 2.24) is 9.80 Å². The number of aryl methyl sites for hydroxylation is 2. The molecule has 0 N–H and O–H groups in total. The second-order valence-electron chi connectivity index (χ2n) is 8.42. The van der Waals surface area contributed by atoms with Crippen molar-refractivity contribution in [2.75, 3.05) is 26.2 Å². The highest BCUT2D eigenvalue weighted by Crippen LogP contribution is 2.35. The van der Waals surface area contributed by atoms with Crippen molar-refractivity contribution in [2.45, 2.75) is 53.6 Å². The minimum Gasteiger partial charge on any atom is -0.377 e. The summed E-state index contributed by atoms with van der Waals surface area (Å²) in [4.78, 5) is 30.1. The van der Waals surface area contributed by atoms with Gasteiger partial charge in [0.05, 0.1) is 24.8 Å². The second kappa shape index (κ2) is 8.48. The van der Waals surface area contributed by atoms with Crippen LogP contribution in [-0.4, -0.2) is 54.0 Å². The van der Waals surface area contributed by atoms with Gasteiger partial charge in [0.2, 0.25) is 0 Å². The van der Waals surface area contributed by atoms with Crippen LogP contribution in [0.1, 0.15) is 50.3 Å². The summed E-state index contributed by atoms with van der Waals surface area (Å²) in [6.07, 6.45) is 2.28. The number of hydrogen-bond acceptors (Lipinski definition) is 4. The van der Waals surface area contributed by atoms with Crippen LogP contribution in [0.4, 0.5) is 0 Å². The SMILES string of the molecule is Cc1ccc(C2=C(N3CCCC(C)C3)C(=O)N(CCOC(C)C)C2=O)c(C)c1. The topological polar surface area (TPSA) is 49.9 Å². The molecule has 5 heteroatoms. The number of imide groups is 1. The smallest absolute Gasteiger partial charge is 0.277 e. The lowest BCUT2D eigenvalue weighted by Gasteiger charge is -2.33. The van der Waals surface area contributed by atoms with E-state index in [2.05, 4.69) is 17.9 Å². The summed E-state index contributed by atoms with van der Waals surface area (Å²) < 4.78 is 5.60. The number of hydrogen-bond donors (Lipinski definition) is 0. The van der Waals surface area contributed by atoms with Gasteiger partial charge in [-0.2, -0.15) is 0 Å². The van der Waals surface area contributed by atoms with E-state index >= 15 is 0 Å². The van der Waals surface area contributed by atoms with E-state index in [0.29, 0.717) is 23.8 Å². The van der Waals surface area contributed by atoms with Gasteiger partial charge in [0, 0.05) is 13.1 Å². The largest absolute Gasteiger partial charge is 0.377 e. The van der Waals surface area contributed by atoms with Crippen molar-refractivity contribution in [3.63, 3.8) is 0 Å².